The lowest BCUT2D eigenvalue weighted by Crippen LogP contribution is -2.31. The summed E-state index contributed by atoms with van der Waals surface area (Å²) in [7, 11) is 0. The number of carbonyl (C=O) groups is 2. The van der Waals surface area contributed by atoms with Crippen molar-refractivity contribution in [3.05, 3.63) is 0 Å². The molecule has 0 radical (unpaired) electrons. The Bertz CT molecular complexity index is 317. The third kappa shape index (κ3) is 8.70. The topological polar surface area (TPSA) is 104 Å². The van der Waals surface area contributed by atoms with Crippen molar-refractivity contribution in [3.8, 4) is 0 Å². The Morgan fingerprint density at radius 1 is 1.20 bits per heavy atom. The first kappa shape index (κ1) is 18.7. The number of hydrogen-bond donors (Lipinski definition) is 3. The van der Waals surface area contributed by atoms with Gasteiger partial charge in [0.1, 0.15) is 6.04 Å². The Labute approximate surface area is 114 Å². The molecule has 1 rings (SSSR count). The maximum atomic E-state index is 10.6. The molecule has 0 aliphatic carbocycles. The van der Waals surface area contributed by atoms with Gasteiger partial charge in [-0.1, -0.05) is 0 Å². The third-order valence-corrected chi connectivity index (χ3v) is 2.75. The lowest BCUT2D eigenvalue weighted by molar-refractivity contribution is -0.192. The van der Waals surface area contributed by atoms with Gasteiger partial charge in [-0.3, -0.25) is 4.79 Å². The fraction of sp³-hybridized carbons (Fsp3) is 0.818. The van der Waals surface area contributed by atoms with Crippen molar-refractivity contribution in [3.63, 3.8) is 0 Å². The number of nitrogens with zero attached hydrogens (tertiary/aromatic N) is 1. The molecule has 1 saturated heterocycles. The number of carboxylic acids is 2. The van der Waals surface area contributed by atoms with E-state index >= 15 is 0 Å². The zero-order valence-corrected chi connectivity index (χ0v) is 10.9. The monoisotopic (exact) mass is 300 g/mol. The van der Waals surface area contributed by atoms with Gasteiger partial charge in [-0.15, -0.1) is 0 Å². The fourth-order valence-corrected chi connectivity index (χ4v) is 1.66. The first-order valence-corrected chi connectivity index (χ1v) is 6.15. The summed E-state index contributed by atoms with van der Waals surface area (Å²) < 4.78 is 31.7. The summed E-state index contributed by atoms with van der Waals surface area (Å²) in [5.74, 6) is -3.64. The van der Waals surface area contributed by atoms with Crippen LogP contribution in [0.1, 0.15) is 25.7 Å². The summed E-state index contributed by atoms with van der Waals surface area (Å²) in [4.78, 5) is 21.7. The van der Waals surface area contributed by atoms with Gasteiger partial charge in [0.05, 0.1) is 0 Å². The molecule has 0 unspecified atom stereocenters. The summed E-state index contributed by atoms with van der Waals surface area (Å²) in [5.41, 5.74) is 5.38. The minimum Gasteiger partial charge on any atom is -0.480 e. The predicted octanol–water partition coefficient (Wildman–Crippen LogP) is 0.908. The van der Waals surface area contributed by atoms with Crippen LogP contribution in [-0.2, 0) is 9.59 Å². The lowest BCUT2D eigenvalue weighted by atomic mass is 10.1. The van der Waals surface area contributed by atoms with E-state index in [0.717, 1.165) is 13.0 Å². The number of nitrogens with two attached hydrogens (primary N) is 1. The molecule has 1 aliphatic heterocycles. The molecule has 6 nitrogen and oxygen atoms in total. The third-order valence-electron chi connectivity index (χ3n) is 2.75. The second-order valence-electron chi connectivity index (χ2n) is 4.44. The largest absolute Gasteiger partial charge is 0.490 e. The Balaban J connectivity index is 0.000000441. The smallest absolute Gasteiger partial charge is 0.480 e. The zero-order chi connectivity index (χ0) is 15.8. The summed E-state index contributed by atoms with van der Waals surface area (Å²) in [5, 5.41) is 15.7. The van der Waals surface area contributed by atoms with Crippen molar-refractivity contribution in [1.82, 2.24) is 4.90 Å². The lowest BCUT2D eigenvalue weighted by Gasteiger charge is -2.14. The molecule has 0 spiro atoms. The molecule has 0 bridgehead atoms. The molecule has 1 aliphatic rings. The molecular formula is C11H19F3N2O4. The zero-order valence-electron chi connectivity index (χ0n) is 10.9. The number of likely N-dealkylation sites (tertiary alicyclic amines) is 1. The number of carboxylic acid groups (broad SMARTS) is 2. The van der Waals surface area contributed by atoms with Crippen LogP contribution in [0.3, 0.4) is 0 Å². The second kappa shape index (κ2) is 8.75. The van der Waals surface area contributed by atoms with Crippen molar-refractivity contribution >= 4 is 11.9 Å². The minimum atomic E-state index is -5.08. The minimum absolute atomic E-state index is 0.589. The highest BCUT2D eigenvalue weighted by atomic mass is 19.4. The van der Waals surface area contributed by atoms with Crippen molar-refractivity contribution < 1.29 is 33.0 Å². The number of rotatable bonds is 5. The summed E-state index contributed by atoms with van der Waals surface area (Å²) in [6.45, 7) is 3.34. The van der Waals surface area contributed by atoms with Crippen LogP contribution in [-0.4, -0.2) is 58.9 Å². The molecule has 20 heavy (non-hydrogen) atoms. The first-order valence-electron chi connectivity index (χ1n) is 6.15. The molecule has 0 aromatic carbocycles. The molecule has 118 valence electrons. The van der Waals surface area contributed by atoms with Gasteiger partial charge in [0.25, 0.3) is 0 Å². The van der Waals surface area contributed by atoms with Crippen LogP contribution in [0.2, 0.25) is 0 Å². The van der Waals surface area contributed by atoms with E-state index in [-0.39, 0.29) is 0 Å². The number of alkyl halides is 3. The average Bonchev–Trinajstić information content (AvgIpc) is 2.81. The molecule has 1 fully saturated rings. The summed E-state index contributed by atoms with van der Waals surface area (Å²) in [6, 6.07) is -0.678. The highest BCUT2D eigenvalue weighted by Crippen LogP contribution is 2.13. The van der Waals surface area contributed by atoms with Crippen molar-refractivity contribution in [1.29, 1.82) is 0 Å². The average molecular weight is 300 g/mol. The van der Waals surface area contributed by atoms with Gasteiger partial charge >= 0.3 is 18.1 Å². The van der Waals surface area contributed by atoms with E-state index in [4.69, 9.17) is 20.7 Å². The Kier molecular flexibility index (Phi) is 8.16. The van der Waals surface area contributed by atoms with Crippen LogP contribution in [0.25, 0.3) is 0 Å². The maximum absolute atomic E-state index is 10.6. The van der Waals surface area contributed by atoms with Crippen LogP contribution in [0.15, 0.2) is 0 Å². The number of halogens is 3. The Morgan fingerprint density at radius 3 is 2.00 bits per heavy atom. The van der Waals surface area contributed by atoms with Crippen molar-refractivity contribution in [2.24, 2.45) is 5.73 Å². The highest BCUT2D eigenvalue weighted by Gasteiger charge is 2.38. The van der Waals surface area contributed by atoms with Gasteiger partial charge in [-0.05, 0) is 45.3 Å². The molecule has 4 N–H and O–H groups in total. The van der Waals surface area contributed by atoms with Crippen LogP contribution in [0.5, 0.6) is 0 Å². The Hall–Kier alpha value is -1.35. The van der Waals surface area contributed by atoms with Gasteiger partial charge < -0.3 is 20.8 Å². The van der Waals surface area contributed by atoms with Gasteiger partial charge in [-0.25, -0.2) is 4.79 Å². The van der Waals surface area contributed by atoms with E-state index in [2.05, 4.69) is 4.90 Å². The fourth-order valence-electron chi connectivity index (χ4n) is 1.66. The SMILES string of the molecule is N[C@@H](CCCN1CCCC1)C(=O)O.O=C(O)C(F)(F)F. The number of hydrogen-bond acceptors (Lipinski definition) is 4. The molecular weight excluding hydrogens is 281 g/mol. The van der Waals surface area contributed by atoms with Gasteiger partial charge in [0.2, 0.25) is 0 Å². The molecule has 0 aromatic rings. The molecule has 0 amide bonds. The first-order chi connectivity index (χ1) is 9.14. The van der Waals surface area contributed by atoms with E-state index < -0.39 is 24.2 Å². The molecule has 9 heteroatoms. The van der Waals surface area contributed by atoms with E-state index in [0.29, 0.717) is 6.42 Å². The summed E-state index contributed by atoms with van der Waals surface area (Å²) >= 11 is 0. The quantitative estimate of drug-likeness (QED) is 0.697. The van der Waals surface area contributed by atoms with E-state index in [1.54, 1.807) is 0 Å². The second-order valence-corrected chi connectivity index (χ2v) is 4.44. The van der Waals surface area contributed by atoms with Crippen LogP contribution >= 0.6 is 0 Å². The molecule has 0 saturated carbocycles. The predicted molar refractivity (Wildman–Crippen MR) is 64.2 cm³/mol. The highest BCUT2D eigenvalue weighted by molar-refractivity contribution is 5.73. The summed E-state index contributed by atoms with van der Waals surface area (Å²) in [6.07, 6.45) is -1.03. The molecule has 1 atom stereocenters. The molecule has 1 heterocycles. The van der Waals surface area contributed by atoms with E-state index in [9.17, 15) is 18.0 Å². The van der Waals surface area contributed by atoms with Crippen molar-refractivity contribution in [2.75, 3.05) is 19.6 Å². The van der Waals surface area contributed by atoms with Crippen LogP contribution < -0.4 is 5.73 Å². The Morgan fingerprint density at radius 2 is 1.65 bits per heavy atom. The van der Waals surface area contributed by atoms with Crippen LogP contribution in [0, 0.1) is 0 Å². The standard InChI is InChI=1S/C9H18N2O2.C2HF3O2/c10-8(9(12)13)4-3-7-11-5-1-2-6-11;3-2(4,5)1(6)7/h8H,1-7,10H2,(H,12,13);(H,6,7)/t8-;/m0./s1. The normalized spacial score (nSPS) is 17.2. The van der Waals surface area contributed by atoms with Crippen molar-refractivity contribution in [2.45, 2.75) is 37.9 Å². The maximum Gasteiger partial charge on any atom is 0.490 e. The van der Waals surface area contributed by atoms with E-state index in [1.807, 2.05) is 0 Å². The van der Waals surface area contributed by atoms with Gasteiger partial charge in [-0.2, -0.15) is 13.2 Å². The molecule has 0 aromatic heterocycles. The van der Waals surface area contributed by atoms with Gasteiger partial charge in [0.15, 0.2) is 0 Å². The van der Waals surface area contributed by atoms with Gasteiger partial charge in [0, 0.05) is 0 Å². The number of aliphatic carboxylic acids is 2. The van der Waals surface area contributed by atoms with E-state index in [1.165, 1.54) is 25.9 Å². The van der Waals surface area contributed by atoms with Crippen LogP contribution in [0.4, 0.5) is 13.2 Å².